The number of nitrogens with zero attached hydrogens (tertiary/aromatic N) is 1. The molecule has 2 nitrogen and oxygen atoms in total. The molecule has 1 heterocycles. The number of hydrogen-bond donors (Lipinski definition) is 1. The van der Waals surface area contributed by atoms with Crippen molar-refractivity contribution in [3.63, 3.8) is 0 Å². The van der Waals surface area contributed by atoms with E-state index >= 15 is 0 Å². The van der Waals surface area contributed by atoms with Crippen molar-refractivity contribution in [1.82, 2.24) is 5.32 Å². The van der Waals surface area contributed by atoms with E-state index in [9.17, 15) is 0 Å². The summed E-state index contributed by atoms with van der Waals surface area (Å²) in [5.41, 5.74) is 0. The molecule has 0 aliphatic carbocycles. The predicted molar refractivity (Wildman–Crippen MR) is 58.3 cm³/mol. The lowest BCUT2D eigenvalue weighted by Crippen LogP contribution is -2.31. The van der Waals surface area contributed by atoms with Crippen LogP contribution in [0.25, 0.3) is 0 Å². The maximum absolute atomic E-state index is 4.41. The maximum Gasteiger partial charge on any atom is 0.0990 e. The summed E-state index contributed by atoms with van der Waals surface area (Å²) in [6.45, 7) is 3.37. The van der Waals surface area contributed by atoms with Gasteiger partial charge in [0.1, 0.15) is 0 Å². The van der Waals surface area contributed by atoms with Gasteiger partial charge in [-0.2, -0.15) is 0 Å². The average molecular weight is 182 g/mol. The van der Waals surface area contributed by atoms with Crippen LogP contribution >= 0.6 is 0 Å². The van der Waals surface area contributed by atoms with Crippen LogP contribution in [-0.2, 0) is 0 Å². The lowest BCUT2D eigenvalue weighted by Gasteiger charge is -2.17. The number of rotatable bonds is 6. The van der Waals surface area contributed by atoms with E-state index in [0.717, 1.165) is 13.0 Å². The first-order valence-electron chi connectivity index (χ1n) is 5.68. The third kappa shape index (κ3) is 5.04. The summed E-state index contributed by atoms with van der Waals surface area (Å²) in [6, 6.07) is 0. The van der Waals surface area contributed by atoms with Crippen molar-refractivity contribution in [3.05, 3.63) is 0 Å². The van der Waals surface area contributed by atoms with Gasteiger partial charge in [0.05, 0.1) is 6.17 Å². The van der Waals surface area contributed by atoms with E-state index < -0.39 is 0 Å². The van der Waals surface area contributed by atoms with E-state index in [4.69, 9.17) is 0 Å². The molecule has 1 rings (SSSR count). The van der Waals surface area contributed by atoms with Crippen molar-refractivity contribution in [1.29, 1.82) is 0 Å². The first-order valence-corrected chi connectivity index (χ1v) is 5.68. The first kappa shape index (κ1) is 10.7. The molecule has 0 aromatic carbocycles. The largest absolute Gasteiger partial charge is 0.295 e. The fraction of sp³-hybridized carbons (Fsp3) is 0.909. The molecule has 0 saturated carbocycles. The zero-order valence-electron chi connectivity index (χ0n) is 8.76. The molecule has 1 aliphatic rings. The number of nitrogens with one attached hydrogen (secondary N) is 1. The molecule has 0 radical (unpaired) electrons. The Bertz CT molecular complexity index is 143. The zero-order chi connectivity index (χ0) is 9.36. The van der Waals surface area contributed by atoms with Gasteiger partial charge in [0, 0.05) is 12.8 Å². The third-order valence-electron chi connectivity index (χ3n) is 2.52. The summed E-state index contributed by atoms with van der Waals surface area (Å²) in [4.78, 5) is 4.41. The summed E-state index contributed by atoms with van der Waals surface area (Å²) in [5, 5.41) is 3.41. The second kappa shape index (κ2) is 7.07. The molecular formula is C11H22N2. The van der Waals surface area contributed by atoms with E-state index in [1.165, 1.54) is 38.5 Å². The second-order valence-electron chi connectivity index (χ2n) is 3.79. The Morgan fingerprint density at radius 1 is 1.31 bits per heavy atom. The third-order valence-corrected chi connectivity index (χ3v) is 2.52. The standard InChI is InChI=1S/C11H22N2/c1-2-3-4-5-6-8-11-12-9-7-10-13-11/h9,11,13H,2-8,10H2,1H3. The first-order chi connectivity index (χ1) is 6.43. The van der Waals surface area contributed by atoms with Crippen molar-refractivity contribution in [2.75, 3.05) is 6.54 Å². The van der Waals surface area contributed by atoms with E-state index in [0.29, 0.717) is 6.17 Å². The minimum Gasteiger partial charge on any atom is -0.295 e. The van der Waals surface area contributed by atoms with Gasteiger partial charge in [-0.15, -0.1) is 0 Å². The molecule has 0 bridgehead atoms. The normalized spacial score (nSPS) is 22.1. The average Bonchev–Trinajstić information content (AvgIpc) is 2.19. The fourth-order valence-corrected chi connectivity index (χ4v) is 1.69. The van der Waals surface area contributed by atoms with Crippen LogP contribution < -0.4 is 5.32 Å². The van der Waals surface area contributed by atoms with Gasteiger partial charge in [0.15, 0.2) is 0 Å². The van der Waals surface area contributed by atoms with Crippen LogP contribution in [0.2, 0.25) is 0 Å². The zero-order valence-corrected chi connectivity index (χ0v) is 8.76. The quantitative estimate of drug-likeness (QED) is 0.628. The minimum atomic E-state index is 0.426. The van der Waals surface area contributed by atoms with Crippen molar-refractivity contribution in [3.8, 4) is 0 Å². The Hall–Kier alpha value is -0.370. The molecule has 1 atom stereocenters. The van der Waals surface area contributed by atoms with Crippen molar-refractivity contribution in [2.45, 2.75) is 58.0 Å². The smallest absolute Gasteiger partial charge is 0.0990 e. The Kier molecular flexibility index (Phi) is 5.83. The molecule has 1 aliphatic heterocycles. The summed E-state index contributed by atoms with van der Waals surface area (Å²) >= 11 is 0. The van der Waals surface area contributed by atoms with Gasteiger partial charge in [-0.05, 0) is 19.3 Å². The van der Waals surface area contributed by atoms with E-state index in [2.05, 4.69) is 23.4 Å². The Balaban J connectivity index is 1.92. The molecule has 0 aromatic rings. The van der Waals surface area contributed by atoms with Crippen LogP contribution in [0.5, 0.6) is 0 Å². The maximum atomic E-state index is 4.41. The molecule has 1 unspecified atom stereocenters. The topological polar surface area (TPSA) is 24.4 Å². The number of unbranched alkanes of at least 4 members (excludes halogenated alkanes) is 4. The van der Waals surface area contributed by atoms with E-state index in [1.54, 1.807) is 0 Å². The van der Waals surface area contributed by atoms with Crippen LogP contribution in [-0.4, -0.2) is 18.9 Å². The van der Waals surface area contributed by atoms with Crippen LogP contribution in [0.1, 0.15) is 51.9 Å². The second-order valence-corrected chi connectivity index (χ2v) is 3.79. The molecule has 0 spiro atoms. The van der Waals surface area contributed by atoms with Crippen molar-refractivity contribution in [2.24, 2.45) is 4.99 Å². The van der Waals surface area contributed by atoms with E-state index in [-0.39, 0.29) is 0 Å². The van der Waals surface area contributed by atoms with Gasteiger partial charge >= 0.3 is 0 Å². The van der Waals surface area contributed by atoms with Gasteiger partial charge in [-0.3, -0.25) is 10.3 Å². The molecular weight excluding hydrogens is 160 g/mol. The number of aliphatic imine (C=N–C) groups is 1. The SMILES string of the molecule is CCCCCCCC1N=CCCN1. The Morgan fingerprint density at radius 2 is 2.15 bits per heavy atom. The van der Waals surface area contributed by atoms with Gasteiger partial charge in [0.2, 0.25) is 0 Å². The molecule has 0 amide bonds. The molecule has 0 fully saturated rings. The molecule has 1 N–H and O–H groups in total. The lowest BCUT2D eigenvalue weighted by molar-refractivity contribution is 0.462. The van der Waals surface area contributed by atoms with Crippen LogP contribution in [0, 0.1) is 0 Å². The summed E-state index contributed by atoms with van der Waals surface area (Å²) < 4.78 is 0. The van der Waals surface area contributed by atoms with Crippen LogP contribution in [0.15, 0.2) is 4.99 Å². The van der Waals surface area contributed by atoms with Gasteiger partial charge in [-0.25, -0.2) is 0 Å². The molecule has 0 saturated heterocycles. The lowest BCUT2D eigenvalue weighted by atomic mass is 10.1. The predicted octanol–water partition coefficient (Wildman–Crippen LogP) is 2.74. The van der Waals surface area contributed by atoms with Gasteiger partial charge in [0.25, 0.3) is 0 Å². The summed E-state index contributed by atoms with van der Waals surface area (Å²) in [5.74, 6) is 0. The highest BCUT2D eigenvalue weighted by Crippen LogP contribution is 2.08. The Labute approximate surface area is 81.8 Å². The van der Waals surface area contributed by atoms with Gasteiger partial charge < -0.3 is 0 Å². The highest BCUT2D eigenvalue weighted by Gasteiger charge is 2.06. The minimum absolute atomic E-state index is 0.426. The van der Waals surface area contributed by atoms with Crippen LogP contribution in [0.3, 0.4) is 0 Å². The monoisotopic (exact) mass is 182 g/mol. The number of hydrogen-bond acceptors (Lipinski definition) is 2. The highest BCUT2D eigenvalue weighted by atomic mass is 15.1. The van der Waals surface area contributed by atoms with E-state index in [1.807, 2.05) is 0 Å². The van der Waals surface area contributed by atoms with Gasteiger partial charge in [-0.1, -0.05) is 32.6 Å². The Morgan fingerprint density at radius 3 is 2.85 bits per heavy atom. The van der Waals surface area contributed by atoms with Crippen LogP contribution in [0.4, 0.5) is 0 Å². The molecule has 76 valence electrons. The fourth-order valence-electron chi connectivity index (χ4n) is 1.69. The van der Waals surface area contributed by atoms with Crippen molar-refractivity contribution < 1.29 is 0 Å². The molecule has 0 aromatic heterocycles. The highest BCUT2D eigenvalue weighted by molar-refractivity contribution is 5.58. The summed E-state index contributed by atoms with van der Waals surface area (Å²) in [7, 11) is 0. The van der Waals surface area contributed by atoms with Crippen molar-refractivity contribution >= 4 is 6.21 Å². The summed E-state index contributed by atoms with van der Waals surface area (Å²) in [6.07, 6.45) is 11.6. The molecule has 13 heavy (non-hydrogen) atoms. The molecule has 2 heteroatoms.